The van der Waals surface area contributed by atoms with Crippen molar-refractivity contribution in [3.05, 3.63) is 52.9 Å². The van der Waals surface area contributed by atoms with Gasteiger partial charge in [-0.1, -0.05) is 6.92 Å². The summed E-state index contributed by atoms with van der Waals surface area (Å²) in [6.07, 6.45) is 1.80. The van der Waals surface area contributed by atoms with Crippen LogP contribution in [0.4, 0.5) is 4.39 Å². The van der Waals surface area contributed by atoms with Crippen LogP contribution in [0.1, 0.15) is 23.5 Å². The maximum atomic E-state index is 13.3. The van der Waals surface area contributed by atoms with Gasteiger partial charge in [-0.05, 0) is 42.3 Å². The van der Waals surface area contributed by atoms with Crippen LogP contribution in [-0.2, 0) is 7.05 Å². The molecule has 2 aromatic heterocycles. The summed E-state index contributed by atoms with van der Waals surface area (Å²) in [5, 5.41) is 8.66. The minimum Gasteiger partial charge on any atom is -0.305 e. The summed E-state index contributed by atoms with van der Waals surface area (Å²) in [7, 11) is 1.94. The summed E-state index contributed by atoms with van der Waals surface area (Å²) in [6.45, 7) is 2.94. The van der Waals surface area contributed by atoms with E-state index in [2.05, 4.69) is 23.4 Å². The molecule has 20 heavy (non-hydrogen) atoms. The van der Waals surface area contributed by atoms with Crippen LogP contribution in [0.5, 0.6) is 0 Å². The monoisotopic (exact) mass is 289 g/mol. The first-order valence-electron chi connectivity index (χ1n) is 6.59. The lowest BCUT2D eigenvalue weighted by atomic mass is 10.1. The van der Waals surface area contributed by atoms with Gasteiger partial charge in [-0.15, -0.1) is 11.3 Å². The number of rotatable bonds is 4. The second-order valence-electron chi connectivity index (χ2n) is 4.70. The van der Waals surface area contributed by atoms with Gasteiger partial charge < -0.3 is 5.32 Å². The molecule has 104 valence electrons. The molecule has 1 aromatic carbocycles. The Morgan fingerprint density at radius 3 is 2.90 bits per heavy atom. The molecule has 0 bridgehead atoms. The van der Waals surface area contributed by atoms with Gasteiger partial charge in [-0.3, -0.25) is 4.68 Å². The van der Waals surface area contributed by atoms with Gasteiger partial charge in [0, 0.05) is 22.8 Å². The van der Waals surface area contributed by atoms with E-state index in [-0.39, 0.29) is 11.9 Å². The lowest BCUT2D eigenvalue weighted by Gasteiger charge is -2.16. The number of nitrogens with zero attached hydrogens (tertiary/aromatic N) is 2. The van der Waals surface area contributed by atoms with Crippen molar-refractivity contribution in [3.63, 3.8) is 0 Å². The molecule has 5 heteroatoms. The number of hydrogen-bond acceptors (Lipinski definition) is 3. The van der Waals surface area contributed by atoms with Gasteiger partial charge in [0.25, 0.3) is 0 Å². The van der Waals surface area contributed by atoms with E-state index in [9.17, 15) is 4.39 Å². The van der Waals surface area contributed by atoms with Gasteiger partial charge in [0.15, 0.2) is 0 Å². The van der Waals surface area contributed by atoms with Gasteiger partial charge in [0.2, 0.25) is 0 Å². The fourth-order valence-electron chi connectivity index (χ4n) is 2.40. The molecule has 0 saturated carbocycles. The molecule has 0 aliphatic heterocycles. The first-order valence-corrected chi connectivity index (χ1v) is 7.41. The quantitative estimate of drug-likeness (QED) is 0.797. The van der Waals surface area contributed by atoms with Crippen molar-refractivity contribution in [2.24, 2.45) is 7.05 Å². The molecule has 1 unspecified atom stereocenters. The van der Waals surface area contributed by atoms with Crippen LogP contribution in [0.2, 0.25) is 0 Å². The molecule has 0 aliphatic carbocycles. The maximum absolute atomic E-state index is 13.3. The summed E-state index contributed by atoms with van der Waals surface area (Å²) in [5.74, 6) is -0.192. The van der Waals surface area contributed by atoms with E-state index in [4.69, 9.17) is 0 Å². The third-order valence-electron chi connectivity index (χ3n) is 3.34. The highest BCUT2D eigenvalue weighted by atomic mass is 32.1. The molecular weight excluding hydrogens is 273 g/mol. The first-order chi connectivity index (χ1) is 9.69. The van der Waals surface area contributed by atoms with Gasteiger partial charge in [-0.2, -0.15) is 5.10 Å². The van der Waals surface area contributed by atoms with Crippen LogP contribution >= 0.6 is 11.3 Å². The largest absolute Gasteiger partial charge is 0.305 e. The average molecular weight is 289 g/mol. The first kappa shape index (κ1) is 13.3. The Morgan fingerprint density at radius 2 is 2.20 bits per heavy atom. The molecule has 0 amide bonds. The van der Waals surface area contributed by atoms with Crippen LogP contribution in [0.3, 0.4) is 0 Å². The van der Waals surface area contributed by atoms with Gasteiger partial charge in [-0.25, -0.2) is 4.39 Å². The Labute approximate surface area is 121 Å². The molecule has 1 atom stereocenters. The zero-order valence-electron chi connectivity index (χ0n) is 11.4. The Hall–Kier alpha value is -1.72. The molecule has 3 aromatic rings. The Morgan fingerprint density at radius 1 is 1.35 bits per heavy atom. The van der Waals surface area contributed by atoms with E-state index in [0.717, 1.165) is 22.3 Å². The van der Waals surface area contributed by atoms with Crippen molar-refractivity contribution in [2.75, 3.05) is 6.54 Å². The highest BCUT2D eigenvalue weighted by molar-refractivity contribution is 7.19. The van der Waals surface area contributed by atoms with Crippen LogP contribution in [-0.4, -0.2) is 16.3 Å². The summed E-state index contributed by atoms with van der Waals surface area (Å²) < 4.78 is 16.3. The highest BCUT2D eigenvalue weighted by Crippen LogP contribution is 2.33. The zero-order chi connectivity index (χ0) is 14.1. The summed E-state index contributed by atoms with van der Waals surface area (Å²) in [6, 6.07) is 9.09. The lowest BCUT2D eigenvalue weighted by Crippen LogP contribution is -2.23. The molecule has 0 radical (unpaired) electrons. The van der Waals surface area contributed by atoms with Crippen molar-refractivity contribution in [3.8, 4) is 0 Å². The topological polar surface area (TPSA) is 29.9 Å². The predicted octanol–water partition coefficient (Wildman–Crippen LogP) is 3.47. The van der Waals surface area contributed by atoms with Crippen molar-refractivity contribution >= 4 is 21.4 Å². The van der Waals surface area contributed by atoms with E-state index in [1.165, 1.54) is 10.9 Å². The van der Waals surface area contributed by atoms with Crippen LogP contribution in [0.25, 0.3) is 10.1 Å². The minimum atomic E-state index is -0.192. The van der Waals surface area contributed by atoms with Crippen LogP contribution in [0, 0.1) is 5.82 Å². The molecule has 0 spiro atoms. The van der Waals surface area contributed by atoms with Gasteiger partial charge in [0.05, 0.1) is 11.7 Å². The number of benzene rings is 1. The molecule has 1 N–H and O–H groups in total. The van der Waals surface area contributed by atoms with E-state index < -0.39 is 0 Å². The second kappa shape index (κ2) is 5.34. The lowest BCUT2D eigenvalue weighted by molar-refractivity contribution is 0.579. The summed E-state index contributed by atoms with van der Waals surface area (Å²) in [5.41, 5.74) is 1.11. The van der Waals surface area contributed by atoms with Crippen molar-refractivity contribution in [1.82, 2.24) is 15.1 Å². The van der Waals surface area contributed by atoms with E-state index >= 15 is 0 Å². The maximum Gasteiger partial charge on any atom is 0.123 e. The number of nitrogens with one attached hydrogen (secondary N) is 1. The third-order valence-corrected chi connectivity index (χ3v) is 4.53. The molecule has 3 nitrogen and oxygen atoms in total. The standard InChI is InChI=1S/C15H16FN3S/c1-3-17-15(12-6-7-18-19(12)2)14-9-10-8-11(16)4-5-13(10)20-14/h4-9,15,17H,3H2,1-2H3. The number of thiophene rings is 1. The molecule has 0 saturated heterocycles. The average Bonchev–Trinajstić information content (AvgIpc) is 3.01. The van der Waals surface area contributed by atoms with Gasteiger partial charge >= 0.3 is 0 Å². The number of aromatic nitrogens is 2. The number of halogens is 1. The fraction of sp³-hybridized carbons (Fsp3) is 0.267. The third kappa shape index (κ3) is 2.34. The zero-order valence-corrected chi connectivity index (χ0v) is 12.2. The number of fused-ring (bicyclic) bond motifs is 1. The number of aryl methyl sites for hydroxylation is 1. The van der Waals surface area contributed by atoms with Gasteiger partial charge in [0.1, 0.15) is 5.82 Å². The van der Waals surface area contributed by atoms with Crippen molar-refractivity contribution in [2.45, 2.75) is 13.0 Å². The van der Waals surface area contributed by atoms with E-state index in [1.807, 2.05) is 23.9 Å². The minimum absolute atomic E-state index is 0.0907. The van der Waals surface area contributed by atoms with E-state index in [0.29, 0.717) is 0 Å². The Balaban J connectivity index is 2.07. The smallest absolute Gasteiger partial charge is 0.123 e. The van der Waals surface area contributed by atoms with Crippen molar-refractivity contribution in [1.29, 1.82) is 0 Å². The molecule has 0 fully saturated rings. The molecule has 2 heterocycles. The molecule has 0 aliphatic rings. The highest BCUT2D eigenvalue weighted by Gasteiger charge is 2.18. The Kier molecular flexibility index (Phi) is 3.54. The molecular formula is C15H16FN3S. The second-order valence-corrected chi connectivity index (χ2v) is 5.82. The van der Waals surface area contributed by atoms with Crippen LogP contribution < -0.4 is 5.32 Å². The van der Waals surface area contributed by atoms with Crippen LogP contribution in [0.15, 0.2) is 36.5 Å². The SMILES string of the molecule is CCNC(c1cc2cc(F)ccc2s1)c1ccnn1C. The molecule has 3 rings (SSSR count). The Bertz CT molecular complexity index is 732. The predicted molar refractivity (Wildman–Crippen MR) is 80.5 cm³/mol. The summed E-state index contributed by atoms with van der Waals surface area (Å²) in [4.78, 5) is 1.18. The fourth-order valence-corrected chi connectivity index (χ4v) is 3.53. The normalized spacial score (nSPS) is 12.9. The van der Waals surface area contributed by atoms with Crippen molar-refractivity contribution < 1.29 is 4.39 Å². The number of hydrogen-bond donors (Lipinski definition) is 1. The summed E-state index contributed by atoms with van der Waals surface area (Å²) >= 11 is 1.69. The van der Waals surface area contributed by atoms with E-state index in [1.54, 1.807) is 23.6 Å².